The highest BCUT2D eigenvalue weighted by Crippen LogP contribution is 2.82. The molecule has 3 amide bonds. The molecule has 0 aromatic rings. The van der Waals surface area contributed by atoms with Crippen molar-refractivity contribution in [1.29, 1.82) is 0 Å². The number of hydrogen-bond donors (Lipinski definition) is 1. The number of nitrogens with one attached hydrogen (secondary N) is 1. The van der Waals surface area contributed by atoms with Gasteiger partial charge in [0.25, 0.3) is 0 Å². The lowest BCUT2D eigenvalue weighted by atomic mass is 9.45. The third kappa shape index (κ3) is 3.61. The minimum absolute atomic E-state index is 0.00781. The molecule has 6 fully saturated rings. The van der Waals surface area contributed by atoms with Crippen molar-refractivity contribution >= 4 is 12.1 Å². The van der Waals surface area contributed by atoms with Crippen molar-refractivity contribution in [3.63, 3.8) is 0 Å². The highest BCUT2D eigenvalue weighted by Gasteiger charge is 2.77. The number of carbonyl (C=O) groups is 2. The summed E-state index contributed by atoms with van der Waals surface area (Å²) >= 11 is 0. The summed E-state index contributed by atoms with van der Waals surface area (Å²) in [5, 5.41) is 3.25. The second kappa shape index (κ2) is 9.02. The van der Waals surface area contributed by atoms with E-state index < -0.39 is 0 Å². The van der Waals surface area contributed by atoms with Gasteiger partial charge in [-0.2, -0.15) is 0 Å². The summed E-state index contributed by atoms with van der Waals surface area (Å²) in [5.41, 5.74) is 1.35. The van der Waals surface area contributed by atoms with Crippen LogP contribution >= 0.6 is 0 Å². The number of piperazine rings is 1. The third-order valence-corrected chi connectivity index (χ3v) is 13.2. The van der Waals surface area contributed by atoms with Crippen molar-refractivity contribution in [3.8, 4) is 0 Å². The molecule has 208 valence electrons. The second-order valence-corrected chi connectivity index (χ2v) is 14.1. The van der Waals surface area contributed by atoms with Crippen molar-refractivity contribution in [2.75, 3.05) is 46.9 Å². The lowest BCUT2D eigenvalue weighted by Crippen LogP contribution is -2.57. The summed E-state index contributed by atoms with van der Waals surface area (Å²) in [5.74, 6) is 4.54. The average Bonchev–Trinajstić information content (AvgIpc) is 3.42. The van der Waals surface area contributed by atoms with Crippen LogP contribution in [0.3, 0.4) is 0 Å². The van der Waals surface area contributed by atoms with Crippen LogP contribution in [0.5, 0.6) is 0 Å². The third-order valence-electron chi connectivity index (χ3n) is 13.2. The molecule has 5 aliphatic carbocycles. The molecule has 7 nitrogen and oxygen atoms in total. The number of rotatable bonds is 4. The van der Waals surface area contributed by atoms with Crippen molar-refractivity contribution in [1.82, 2.24) is 15.1 Å². The predicted octanol–water partition coefficient (Wildman–Crippen LogP) is 5.00. The molecule has 3 unspecified atom stereocenters. The molecular formula is C30H49N3O4. The van der Waals surface area contributed by atoms with Crippen LogP contribution in [0.2, 0.25) is 0 Å². The fourth-order valence-corrected chi connectivity index (χ4v) is 11.3. The molecule has 0 bridgehead atoms. The Hall–Kier alpha value is -1.50. The van der Waals surface area contributed by atoms with E-state index in [0.717, 1.165) is 30.2 Å². The summed E-state index contributed by atoms with van der Waals surface area (Å²) in [6.45, 7) is 10.5. The Morgan fingerprint density at radius 3 is 2.38 bits per heavy atom. The molecule has 1 spiro atoms. The van der Waals surface area contributed by atoms with Gasteiger partial charge in [0.1, 0.15) is 0 Å². The Kier molecular flexibility index (Phi) is 6.28. The van der Waals surface area contributed by atoms with Crippen molar-refractivity contribution < 1.29 is 19.1 Å². The average molecular weight is 516 g/mol. The van der Waals surface area contributed by atoms with Gasteiger partial charge in [-0.25, -0.2) is 9.59 Å². The lowest BCUT2D eigenvalue weighted by molar-refractivity contribution is -0.160. The monoisotopic (exact) mass is 515 g/mol. The summed E-state index contributed by atoms with van der Waals surface area (Å²) in [4.78, 5) is 28.2. The SMILES string of the molecule is COC(=O)N1CCN(C(=O)NC[C@@H](C)[C@H]2CC[C@H]3[C@@H]4CC(OC)C56CC5CC[C@]6(C)[C@H]4CC[C@]23C)CC1. The van der Waals surface area contributed by atoms with Crippen LogP contribution < -0.4 is 5.32 Å². The Morgan fingerprint density at radius 1 is 0.973 bits per heavy atom. The standard InChI is InChI=1S/C30H49N3O4/c1-19(18-31-26(34)32-12-14-33(15-13-32)27(35)37-5)22-6-7-23-21-16-25(36-4)30-17-20(30)8-11-29(30,3)24(21)9-10-28(22,23)2/h19-25H,6-18H2,1-5H3,(H,31,34)/t19-,20?,21+,22-,23+,24+,25?,28-,29-,30?/m1/s1. The molecule has 0 aromatic carbocycles. The van der Waals surface area contributed by atoms with E-state index in [4.69, 9.17) is 9.47 Å². The van der Waals surface area contributed by atoms with E-state index in [0.29, 0.717) is 60.4 Å². The van der Waals surface area contributed by atoms with E-state index in [-0.39, 0.29) is 12.1 Å². The zero-order valence-electron chi connectivity index (χ0n) is 23.8. The van der Waals surface area contributed by atoms with E-state index in [1.54, 1.807) is 4.90 Å². The Balaban J connectivity index is 1.08. The minimum Gasteiger partial charge on any atom is -0.453 e. The molecule has 6 aliphatic rings. The van der Waals surface area contributed by atoms with Crippen LogP contribution in [0.1, 0.15) is 72.1 Å². The first kappa shape index (κ1) is 25.8. The number of ether oxygens (including phenoxy) is 2. The maximum absolute atomic E-state index is 12.9. The van der Waals surface area contributed by atoms with Gasteiger partial charge in [0, 0.05) is 45.2 Å². The van der Waals surface area contributed by atoms with Gasteiger partial charge < -0.3 is 24.6 Å². The normalized spacial score (nSPS) is 46.8. The summed E-state index contributed by atoms with van der Waals surface area (Å²) in [6.07, 6.45) is 11.1. The maximum Gasteiger partial charge on any atom is 0.409 e. The molecule has 1 aliphatic heterocycles. The van der Waals surface area contributed by atoms with Crippen LogP contribution in [0.15, 0.2) is 0 Å². The molecule has 10 atom stereocenters. The Labute approximate surface area is 223 Å². The van der Waals surface area contributed by atoms with Gasteiger partial charge in [0.15, 0.2) is 0 Å². The van der Waals surface area contributed by atoms with Gasteiger partial charge in [-0.3, -0.25) is 0 Å². The highest BCUT2D eigenvalue weighted by molar-refractivity contribution is 5.75. The molecule has 1 N–H and O–H groups in total. The van der Waals surface area contributed by atoms with Crippen LogP contribution in [-0.2, 0) is 9.47 Å². The van der Waals surface area contributed by atoms with Gasteiger partial charge in [0.2, 0.25) is 0 Å². The number of fused-ring (bicyclic) bond motifs is 4. The quantitative estimate of drug-likeness (QED) is 0.572. The smallest absolute Gasteiger partial charge is 0.409 e. The van der Waals surface area contributed by atoms with Gasteiger partial charge in [-0.15, -0.1) is 0 Å². The highest BCUT2D eigenvalue weighted by atomic mass is 16.5. The molecule has 0 radical (unpaired) electrons. The minimum atomic E-state index is -0.309. The molecule has 6 rings (SSSR count). The van der Waals surface area contributed by atoms with Crippen LogP contribution in [0.4, 0.5) is 9.59 Å². The number of hydrogen-bond acceptors (Lipinski definition) is 4. The summed E-state index contributed by atoms with van der Waals surface area (Å²) in [7, 11) is 3.38. The fourth-order valence-electron chi connectivity index (χ4n) is 11.3. The van der Waals surface area contributed by atoms with E-state index >= 15 is 0 Å². The van der Waals surface area contributed by atoms with E-state index in [1.165, 1.54) is 58.5 Å². The van der Waals surface area contributed by atoms with Crippen molar-refractivity contribution in [2.45, 2.75) is 78.2 Å². The first-order valence-corrected chi connectivity index (χ1v) is 15.1. The Morgan fingerprint density at radius 2 is 1.70 bits per heavy atom. The van der Waals surface area contributed by atoms with E-state index in [2.05, 4.69) is 26.1 Å². The molecule has 5 saturated carbocycles. The number of nitrogens with zero attached hydrogens (tertiary/aromatic N) is 2. The first-order chi connectivity index (χ1) is 17.7. The number of amides is 3. The van der Waals surface area contributed by atoms with E-state index in [9.17, 15) is 9.59 Å². The summed E-state index contributed by atoms with van der Waals surface area (Å²) in [6, 6.07) is 0.00781. The van der Waals surface area contributed by atoms with E-state index in [1.807, 2.05) is 12.0 Å². The Bertz CT molecular complexity index is 921. The molecular weight excluding hydrogens is 466 g/mol. The topological polar surface area (TPSA) is 71.1 Å². The molecule has 1 heterocycles. The molecule has 37 heavy (non-hydrogen) atoms. The zero-order chi connectivity index (χ0) is 26.2. The number of methoxy groups -OCH3 is 2. The molecule has 7 heteroatoms. The van der Waals surface area contributed by atoms with Crippen LogP contribution in [0, 0.1) is 51.8 Å². The largest absolute Gasteiger partial charge is 0.453 e. The van der Waals surface area contributed by atoms with Crippen molar-refractivity contribution in [2.24, 2.45) is 51.8 Å². The van der Waals surface area contributed by atoms with Gasteiger partial charge >= 0.3 is 12.1 Å². The second-order valence-electron chi connectivity index (χ2n) is 14.1. The first-order valence-electron chi connectivity index (χ1n) is 15.1. The predicted molar refractivity (Wildman–Crippen MR) is 142 cm³/mol. The molecule has 0 aromatic heterocycles. The van der Waals surface area contributed by atoms with Gasteiger partial charge in [-0.1, -0.05) is 20.8 Å². The fraction of sp³-hybridized carbons (Fsp3) is 0.933. The van der Waals surface area contributed by atoms with Crippen LogP contribution in [0.25, 0.3) is 0 Å². The lowest BCUT2D eigenvalue weighted by Gasteiger charge is -2.61. The number of urea groups is 1. The maximum atomic E-state index is 12.9. The summed E-state index contributed by atoms with van der Waals surface area (Å²) < 4.78 is 11.1. The zero-order valence-corrected chi connectivity index (χ0v) is 23.8. The van der Waals surface area contributed by atoms with Crippen molar-refractivity contribution in [3.05, 3.63) is 0 Å². The van der Waals surface area contributed by atoms with Gasteiger partial charge in [-0.05, 0) is 97.7 Å². The molecule has 1 saturated heterocycles. The van der Waals surface area contributed by atoms with Gasteiger partial charge in [0.05, 0.1) is 13.2 Å². The number of carbonyl (C=O) groups excluding carboxylic acids is 2. The van der Waals surface area contributed by atoms with Crippen LogP contribution in [-0.4, -0.2) is 75.0 Å².